The van der Waals surface area contributed by atoms with Crippen LogP contribution in [-0.2, 0) is 4.79 Å². The second kappa shape index (κ2) is 18.5. The third-order valence-corrected chi connectivity index (χ3v) is 1.39. The minimum Gasteiger partial charge on any atom is -0.300 e. The molecular formula is C13H30O. The van der Waals surface area contributed by atoms with Crippen molar-refractivity contribution in [1.82, 2.24) is 0 Å². The van der Waals surface area contributed by atoms with E-state index in [4.69, 9.17) is 0 Å². The lowest BCUT2D eigenvalue weighted by molar-refractivity contribution is -0.114. The maximum absolute atomic E-state index is 9.44. The van der Waals surface area contributed by atoms with Crippen molar-refractivity contribution in [2.24, 2.45) is 5.92 Å². The molecule has 88 valence electrons. The zero-order valence-electron chi connectivity index (χ0n) is 11.3. The molecule has 0 aliphatic carbocycles. The molecule has 0 saturated carbocycles. The number of carbonyl (C=O) groups excluding carboxylic acids is 1. The van der Waals surface area contributed by atoms with Crippen LogP contribution in [0.2, 0.25) is 0 Å². The van der Waals surface area contributed by atoms with Crippen LogP contribution < -0.4 is 0 Å². The maximum Gasteiger partial charge on any atom is 0.126 e. The molecular weight excluding hydrogens is 172 g/mol. The zero-order chi connectivity index (χ0) is 12.0. The van der Waals surface area contributed by atoms with Crippen LogP contribution in [0.15, 0.2) is 0 Å². The van der Waals surface area contributed by atoms with Crippen LogP contribution in [0.3, 0.4) is 0 Å². The van der Waals surface area contributed by atoms with E-state index in [2.05, 4.69) is 20.8 Å². The second-order valence-corrected chi connectivity index (χ2v) is 3.80. The molecule has 0 aliphatic rings. The van der Waals surface area contributed by atoms with Crippen LogP contribution >= 0.6 is 0 Å². The van der Waals surface area contributed by atoms with Crippen LogP contribution in [0.4, 0.5) is 0 Å². The summed E-state index contributed by atoms with van der Waals surface area (Å²) >= 11 is 0. The van der Waals surface area contributed by atoms with Crippen LogP contribution in [-0.4, -0.2) is 5.78 Å². The van der Waals surface area contributed by atoms with Gasteiger partial charge in [-0.15, -0.1) is 0 Å². The highest BCUT2D eigenvalue weighted by Gasteiger charge is 1.90. The van der Waals surface area contributed by atoms with Crippen molar-refractivity contribution < 1.29 is 4.79 Å². The van der Waals surface area contributed by atoms with Gasteiger partial charge in [0.15, 0.2) is 0 Å². The molecule has 0 aromatic rings. The lowest BCUT2D eigenvalue weighted by atomic mass is 10.1. The number of Topliss-reactive ketones (excluding diaryl/α,β-unsaturated/α-hetero) is 1. The smallest absolute Gasteiger partial charge is 0.126 e. The summed E-state index contributed by atoms with van der Waals surface area (Å²) in [4.78, 5) is 9.44. The van der Waals surface area contributed by atoms with Crippen molar-refractivity contribution in [3.05, 3.63) is 0 Å². The zero-order valence-corrected chi connectivity index (χ0v) is 11.3. The molecule has 0 heterocycles. The molecule has 0 fully saturated rings. The summed E-state index contributed by atoms with van der Waals surface area (Å²) in [5.74, 6) is 1.07. The van der Waals surface area contributed by atoms with Crippen molar-refractivity contribution in [1.29, 1.82) is 0 Å². The topological polar surface area (TPSA) is 17.1 Å². The van der Waals surface area contributed by atoms with E-state index in [1.165, 1.54) is 39.5 Å². The average molecular weight is 202 g/mol. The molecule has 0 aromatic heterocycles. The summed E-state index contributed by atoms with van der Waals surface area (Å²) in [7, 11) is 0. The summed E-state index contributed by atoms with van der Waals surface area (Å²) in [5, 5.41) is 0. The molecule has 0 N–H and O–H groups in total. The summed E-state index contributed by atoms with van der Waals surface area (Å²) in [6.45, 7) is 13.9. The van der Waals surface area contributed by atoms with E-state index in [1.807, 2.05) is 13.8 Å². The quantitative estimate of drug-likeness (QED) is 0.596. The van der Waals surface area contributed by atoms with Gasteiger partial charge in [-0.2, -0.15) is 0 Å². The summed E-state index contributed by atoms with van der Waals surface area (Å²) in [6.07, 6.45) is 5.60. The number of ketones is 1. The largest absolute Gasteiger partial charge is 0.300 e. The molecule has 0 bridgehead atoms. The summed E-state index contributed by atoms with van der Waals surface area (Å²) in [5.41, 5.74) is 0. The molecule has 1 nitrogen and oxygen atoms in total. The Bertz CT molecular complexity index is 91.4. The monoisotopic (exact) mass is 202 g/mol. The van der Waals surface area contributed by atoms with Crippen molar-refractivity contribution >= 4 is 5.78 Å². The first-order valence-electron chi connectivity index (χ1n) is 5.97. The lowest BCUT2D eigenvalue weighted by Crippen LogP contribution is -1.85. The fraction of sp³-hybridized carbons (Fsp3) is 0.923. The Morgan fingerprint density at radius 2 is 1.43 bits per heavy atom. The van der Waals surface area contributed by atoms with Gasteiger partial charge in [-0.05, 0) is 19.8 Å². The minimum absolute atomic E-state index is 0.167. The molecule has 0 aromatic carbocycles. The van der Waals surface area contributed by atoms with E-state index < -0.39 is 0 Å². The van der Waals surface area contributed by atoms with Gasteiger partial charge in [0.1, 0.15) is 5.78 Å². The van der Waals surface area contributed by atoms with Gasteiger partial charge in [0.05, 0.1) is 0 Å². The van der Waals surface area contributed by atoms with E-state index in [9.17, 15) is 4.79 Å². The first kappa shape index (κ1) is 19.3. The first-order valence-corrected chi connectivity index (χ1v) is 5.97. The van der Waals surface area contributed by atoms with Crippen LogP contribution in [0.5, 0.6) is 0 Å². The highest BCUT2D eigenvalue weighted by atomic mass is 16.1. The van der Waals surface area contributed by atoms with Gasteiger partial charge >= 0.3 is 0 Å². The molecule has 0 rings (SSSR count). The first-order chi connectivity index (χ1) is 6.50. The third-order valence-electron chi connectivity index (χ3n) is 1.39. The standard InChI is InChI=1S/C8H18.C3H6O.C2H6/c1-4-5-6-7-8(2)3;1-3(2)4;1-2/h8H,4-7H2,1-3H3;1-2H3;1-2H3. The van der Waals surface area contributed by atoms with Crippen molar-refractivity contribution in [2.75, 3.05) is 0 Å². The number of hydrogen-bond donors (Lipinski definition) is 0. The second-order valence-electron chi connectivity index (χ2n) is 3.80. The van der Waals surface area contributed by atoms with E-state index in [1.54, 1.807) is 0 Å². The fourth-order valence-corrected chi connectivity index (χ4v) is 0.803. The average Bonchev–Trinajstić information content (AvgIpc) is 2.07. The van der Waals surface area contributed by atoms with Crippen LogP contribution in [0.25, 0.3) is 0 Å². The lowest BCUT2D eigenvalue weighted by Gasteiger charge is -2.00. The Labute approximate surface area is 91.3 Å². The van der Waals surface area contributed by atoms with Crippen molar-refractivity contribution in [3.63, 3.8) is 0 Å². The fourth-order valence-electron chi connectivity index (χ4n) is 0.803. The SMILES string of the molecule is CC.CC(C)=O.CCCCCC(C)C. The van der Waals surface area contributed by atoms with Gasteiger partial charge in [-0.25, -0.2) is 0 Å². The highest BCUT2D eigenvalue weighted by molar-refractivity contribution is 5.72. The molecule has 0 saturated heterocycles. The molecule has 0 radical (unpaired) electrons. The van der Waals surface area contributed by atoms with Gasteiger partial charge < -0.3 is 4.79 Å². The predicted molar refractivity (Wildman–Crippen MR) is 66.7 cm³/mol. The molecule has 0 spiro atoms. The van der Waals surface area contributed by atoms with E-state index in [-0.39, 0.29) is 5.78 Å². The summed E-state index contributed by atoms with van der Waals surface area (Å²) < 4.78 is 0. The van der Waals surface area contributed by atoms with E-state index in [0.717, 1.165) is 5.92 Å². The highest BCUT2D eigenvalue weighted by Crippen LogP contribution is 2.06. The number of hydrogen-bond acceptors (Lipinski definition) is 1. The van der Waals surface area contributed by atoms with Crippen molar-refractivity contribution in [3.8, 4) is 0 Å². The Hall–Kier alpha value is -0.330. The van der Waals surface area contributed by atoms with Gasteiger partial charge in [-0.3, -0.25) is 0 Å². The minimum atomic E-state index is 0.167. The van der Waals surface area contributed by atoms with Gasteiger partial charge in [0.2, 0.25) is 0 Å². The number of carbonyl (C=O) groups is 1. The van der Waals surface area contributed by atoms with Crippen molar-refractivity contribution in [2.45, 2.75) is 74.1 Å². The Morgan fingerprint density at radius 3 is 1.64 bits per heavy atom. The molecule has 0 unspecified atom stereocenters. The molecule has 0 aliphatic heterocycles. The maximum atomic E-state index is 9.44. The van der Waals surface area contributed by atoms with Gasteiger partial charge in [0, 0.05) is 0 Å². The molecule has 0 atom stereocenters. The molecule has 0 amide bonds. The Kier molecular flexibility index (Phi) is 25.4. The van der Waals surface area contributed by atoms with Gasteiger partial charge in [0.25, 0.3) is 0 Å². The normalized spacial score (nSPS) is 8.29. The van der Waals surface area contributed by atoms with Crippen LogP contribution in [0.1, 0.15) is 74.1 Å². The third kappa shape index (κ3) is 60.9. The van der Waals surface area contributed by atoms with Gasteiger partial charge in [-0.1, -0.05) is 60.3 Å². The molecule has 1 heteroatoms. The Morgan fingerprint density at radius 1 is 1.07 bits per heavy atom. The van der Waals surface area contributed by atoms with E-state index in [0.29, 0.717) is 0 Å². The molecule has 14 heavy (non-hydrogen) atoms. The predicted octanol–water partition coefficient (Wildman–Crippen LogP) is 4.84. The summed E-state index contributed by atoms with van der Waals surface area (Å²) in [6, 6.07) is 0. The Balaban J connectivity index is -0.000000170. The van der Waals surface area contributed by atoms with E-state index >= 15 is 0 Å². The number of rotatable bonds is 4. The van der Waals surface area contributed by atoms with Crippen LogP contribution in [0, 0.1) is 5.92 Å². The number of unbranched alkanes of at least 4 members (excludes halogenated alkanes) is 2.